The van der Waals surface area contributed by atoms with Gasteiger partial charge in [-0.05, 0) is 15.9 Å². The number of nitrogens with zero attached hydrogens (tertiary/aromatic N) is 3. The highest BCUT2D eigenvalue weighted by molar-refractivity contribution is 9.10. The van der Waals surface area contributed by atoms with Gasteiger partial charge in [-0.25, -0.2) is 9.50 Å². The summed E-state index contributed by atoms with van der Waals surface area (Å²) in [5.74, 6) is 0. The average Bonchev–Trinajstić information content (AvgIpc) is 2.47. The first kappa shape index (κ1) is 9.43. The largest absolute Gasteiger partial charge is 0.221 e. The van der Waals surface area contributed by atoms with Gasteiger partial charge < -0.3 is 0 Å². The van der Waals surface area contributed by atoms with Gasteiger partial charge in [-0.2, -0.15) is 5.10 Å². The first-order valence-electron chi connectivity index (χ1n) is 3.46. The fourth-order valence-corrected chi connectivity index (χ4v) is 2.12. The molecule has 0 N–H and O–H groups in total. The van der Waals surface area contributed by atoms with Gasteiger partial charge in [0.1, 0.15) is 5.15 Å². The Balaban J connectivity index is 2.76. The van der Waals surface area contributed by atoms with Crippen LogP contribution in [0.2, 0.25) is 5.15 Å². The van der Waals surface area contributed by atoms with E-state index in [4.69, 9.17) is 11.6 Å². The molecule has 68 valence electrons. The molecule has 0 spiro atoms. The number of fused-ring (bicyclic) bond motifs is 1. The molecule has 0 aromatic carbocycles. The van der Waals surface area contributed by atoms with E-state index >= 15 is 0 Å². The highest BCUT2D eigenvalue weighted by Crippen LogP contribution is 2.21. The molecule has 0 saturated heterocycles. The minimum Gasteiger partial charge on any atom is -0.221 e. The second-order valence-corrected chi connectivity index (χ2v) is 4.22. The Morgan fingerprint density at radius 2 is 2.31 bits per heavy atom. The van der Waals surface area contributed by atoms with E-state index in [1.807, 2.05) is 6.20 Å². The van der Waals surface area contributed by atoms with Crippen LogP contribution in [0.4, 0.5) is 0 Å². The third kappa shape index (κ3) is 1.60. The summed E-state index contributed by atoms with van der Waals surface area (Å²) >= 11 is 12.6. The zero-order valence-corrected chi connectivity index (χ0v) is 10.3. The molecule has 2 aromatic heterocycles. The van der Waals surface area contributed by atoms with Gasteiger partial charge in [-0.15, -0.1) is 0 Å². The van der Waals surface area contributed by atoms with E-state index < -0.39 is 0 Å². The van der Waals surface area contributed by atoms with Crippen LogP contribution in [0.1, 0.15) is 5.56 Å². The standard InChI is InChI=1S/C7H4Br2ClN3/c8-1-4-3-13-7(12-6(4)10)5(9)2-11-13/h2-3H,1H2. The Morgan fingerprint density at radius 1 is 1.54 bits per heavy atom. The van der Waals surface area contributed by atoms with Crippen molar-refractivity contribution in [2.45, 2.75) is 5.33 Å². The molecular weight excluding hydrogens is 321 g/mol. The summed E-state index contributed by atoms with van der Waals surface area (Å²) in [4.78, 5) is 4.19. The maximum absolute atomic E-state index is 5.93. The van der Waals surface area contributed by atoms with Crippen LogP contribution in [0.3, 0.4) is 0 Å². The lowest BCUT2D eigenvalue weighted by Crippen LogP contribution is -1.94. The van der Waals surface area contributed by atoms with Crippen molar-refractivity contribution in [1.29, 1.82) is 0 Å². The Labute approximate surface area is 96.4 Å². The minimum absolute atomic E-state index is 0.505. The van der Waals surface area contributed by atoms with E-state index in [1.165, 1.54) is 0 Å². The molecule has 0 atom stereocenters. The molecule has 0 aliphatic rings. The molecule has 0 amide bonds. The maximum atomic E-state index is 5.93. The maximum Gasteiger partial charge on any atom is 0.170 e. The molecular formula is C7H4Br2ClN3. The van der Waals surface area contributed by atoms with Gasteiger partial charge in [0, 0.05) is 17.1 Å². The van der Waals surface area contributed by atoms with Crippen molar-refractivity contribution in [1.82, 2.24) is 14.6 Å². The van der Waals surface area contributed by atoms with Crippen molar-refractivity contribution < 1.29 is 0 Å². The molecule has 0 fully saturated rings. The molecule has 13 heavy (non-hydrogen) atoms. The Hall–Kier alpha value is -0.130. The fourth-order valence-electron chi connectivity index (χ4n) is 0.989. The molecule has 3 nitrogen and oxygen atoms in total. The summed E-state index contributed by atoms with van der Waals surface area (Å²) in [5.41, 5.74) is 1.65. The highest BCUT2D eigenvalue weighted by Gasteiger charge is 2.07. The Bertz CT molecular complexity index is 454. The zero-order valence-electron chi connectivity index (χ0n) is 6.34. The monoisotopic (exact) mass is 323 g/mol. The average molecular weight is 325 g/mol. The van der Waals surface area contributed by atoms with Crippen molar-refractivity contribution in [3.63, 3.8) is 0 Å². The van der Waals surface area contributed by atoms with E-state index in [0.717, 1.165) is 15.7 Å². The number of rotatable bonds is 1. The fraction of sp³-hybridized carbons (Fsp3) is 0.143. The summed E-state index contributed by atoms with van der Waals surface area (Å²) in [5, 5.41) is 5.27. The van der Waals surface area contributed by atoms with Gasteiger partial charge in [0.2, 0.25) is 0 Å². The number of aromatic nitrogens is 3. The van der Waals surface area contributed by atoms with E-state index in [-0.39, 0.29) is 0 Å². The van der Waals surface area contributed by atoms with E-state index in [9.17, 15) is 0 Å². The van der Waals surface area contributed by atoms with Gasteiger partial charge in [0.25, 0.3) is 0 Å². The second-order valence-electron chi connectivity index (χ2n) is 2.45. The summed E-state index contributed by atoms with van der Waals surface area (Å²) in [6.07, 6.45) is 3.54. The summed E-state index contributed by atoms with van der Waals surface area (Å²) in [6.45, 7) is 0. The quantitative estimate of drug-likeness (QED) is 0.596. The summed E-state index contributed by atoms with van der Waals surface area (Å²) in [7, 11) is 0. The van der Waals surface area contributed by atoms with Crippen LogP contribution in [0.5, 0.6) is 0 Å². The number of alkyl halides is 1. The van der Waals surface area contributed by atoms with Gasteiger partial charge in [-0.1, -0.05) is 27.5 Å². The van der Waals surface area contributed by atoms with Crippen molar-refractivity contribution in [2.24, 2.45) is 0 Å². The van der Waals surface area contributed by atoms with E-state index in [2.05, 4.69) is 41.9 Å². The first-order chi connectivity index (χ1) is 6.22. The predicted octanol–water partition coefficient (Wildman–Crippen LogP) is 3.04. The summed E-state index contributed by atoms with van der Waals surface area (Å²) in [6, 6.07) is 0. The molecule has 0 bridgehead atoms. The molecule has 2 aromatic rings. The van der Waals surface area contributed by atoms with E-state index in [1.54, 1.807) is 10.7 Å². The van der Waals surface area contributed by atoms with Crippen LogP contribution in [0.15, 0.2) is 16.9 Å². The first-order valence-corrected chi connectivity index (χ1v) is 5.76. The molecule has 2 rings (SSSR count). The predicted molar refractivity (Wildman–Crippen MR) is 58.3 cm³/mol. The Morgan fingerprint density at radius 3 is 3.00 bits per heavy atom. The zero-order chi connectivity index (χ0) is 9.42. The number of hydrogen-bond acceptors (Lipinski definition) is 2. The van der Waals surface area contributed by atoms with Crippen LogP contribution in [-0.2, 0) is 5.33 Å². The normalized spacial score (nSPS) is 11.0. The lowest BCUT2D eigenvalue weighted by Gasteiger charge is -1.99. The lowest BCUT2D eigenvalue weighted by atomic mass is 10.4. The SMILES string of the molecule is Clc1nc2c(Br)cnn2cc1CBr. The van der Waals surface area contributed by atoms with Crippen LogP contribution in [-0.4, -0.2) is 14.6 Å². The van der Waals surface area contributed by atoms with Crippen molar-refractivity contribution in [3.05, 3.63) is 27.6 Å². The number of hydrogen-bond donors (Lipinski definition) is 0. The molecule has 6 heteroatoms. The van der Waals surface area contributed by atoms with Gasteiger partial charge in [-0.3, -0.25) is 0 Å². The van der Waals surface area contributed by atoms with E-state index in [0.29, 0.717) is 10.5 Å². The van der Waals surface area contributed by atoms with Crippen LogP contribution in [0, 0.1) is 0 Å². The summed E-state index contributed by atoms with van der Waals surface area (Å²) < 4.78 is 2.53. The van der Waals surface area contributed by atoms with Crippen molar-refractivity contribution in [3.8, 4) is 0 Å². The third-order valence-corrected chi connectivity index (χ3v) is 3.11. The minimum atomic E-state index is 0.505. The molecule has 0 radical (unpaired) electrons. The van der Waals surface area contributed by atoms with Crippen LogP contribution in [0.25, 0.3) is 5.65 Å². The van der Waals surface area contributed by atoms with Crippen LogP contribution >= 0.6 is 43.5 Å². The molecule has 2 heterocycles. The highest BCUT2D eigenvalue weighted by atomic mass is 79.9. The topological polar surface area (TPSA) is 30.2 Å². The lowest BCUT2D eigenvalue weighted by molar-refractivity contribution is 0.926. The van der Waals surface area contributed by atoms with Gasteiger partial charge in [0.15, 0.2) is 5.65 Å². The molecule has 0 aliphatic heterocycles. The van der Waals surface area contributed by atoms with Crippen molar-refractivity contribution >= 4 is 49.1 Å². The second kappa shape index (κ2) is 3.55. The molecule has 0 aliphatic carbocycles. The van der Waals surface area contributed by atoms with Gasteiger partial charge in [0.05, 0.1) is 10.7 Å². The number of halogens is 3. The molecule has 0 saturated carbocycles. The van der Waals surface area contributed by atoms with Crippen molar-refractivity contribution in [2.75, 3.05) is 0 Å². The molecule has 0 unspecified atom stereocenters. The third-order valence-electron chi connectivity index (χ3n) is 1.62. The smallest absolute Gasteiger partial charge is 0.170 e. The van der Waals surface area contributed by atoms with Gasteiger partial charge >= 0.3 is 0 Å². The Kier molecular flexibility index (Phi) is 2.58. The van der Waals surface area contributed by atoms with Crippen LogP contribution < -0.4 is 0 Å².